The van der Waals surface area contributed by atoms with Crippen molar-refractivity contribution in [1.82, 2.24) is 5.32 Å². The van der Waals surface area contributed by atoms with Crippen LogP contribution in [0.4, 0.5) is 0 Å². The highest BCUT2D eigenvalue weighted by Gasteiger charge is 2.37. The smallest absolute Gasteiger partial charge is 0.305 e. The van der Waals surface area contributed by atoms with E-state index in [1.165, 1.54) is 11.8 Å². The third kappa shape index (κ3) is 4.66. The Morgan fingerprint density at radius 3 is 2.45 bits per heavy atom. The largest absolute Gasteiger partial charge is 0.497 e. The van der Waals surface area contributed by atoms with Crippen molar-refractivity contribution in [3.05, 3.63) is 24.3 Å². The maximum Gasteiger partial charge on any atom is 0.305 e. The van der Waals surface area contributed by atoms with E-state index >= 15 is 0 Å². The quantitative estimate of drug-likeness (QED) is 0.755. The molecular weight excluding hydrogens is 302 g/mol. The fourth-order valence-corrected chi connectivity index (χ4v) is 3.54. The van der Waals surface area contributed by atoms with E-state index in [9.17, 15) is 9.59 Å². The standard InChI is InChI=1S/C16H21NO4S/c1-21-12-4-6-13(7-5-12)22-11-14(18)17-16(10-15(19)20)8-2-3-9-16/h4-7H,2-3,8-11H2,1H3,(H,17,18)(H,19,20). The summed E-state index contributed by atoms with van der Waals surface area (Å²) in [6, 6.07) is 7.50. The average molecular weight is 323 g/mol. The number of benzene rings is 1. The third-order valence-electron chi connectivity index (χ3n) is 3.88. The molecule has 1 fully saturated rings. The first-order chi connectivity index (χ1) is 10.5. The molecule has 0 aliphatic heterocycles. The molecule has 0 unspecified atom stereocenters. The first-order valence-corrected chi connectivity index (χ1v) is 8.31. The number of carboxylic acid groups (broad SMARTS) is 1. The second kappa shape index (κ2) is 7.54. The van der Waals surface area contributed by atoms with Gasteiger partial charge in [0.15, 0.2) is 0 Å². The molecule has 0 atom stereocenters. The lowest BCUT2D eigenvalue weighted by Crippen LogP contribution is -2.48. The van der Waals surface area contributed by atoms with E-state index in [1.807, 2.05) is 24.3 Å². The Kier molecular flexibility index (Phi) is 5.71. The predicted molar refractivity (Wildman–Crippen MR) is 85.3 cm³/mol. The molecule has 0 saturated heterocycles. The highest BCUT2D eigenvalue weighted by Crippen LogP contribution is 2.33. The minimum atomic E-state index is -0.856. The number of hydrogen-bond donors (Lipinski definition) is 2. The molecule has 0 heterocycles. The van der Waals surface area contributed by atoms with Crippen molar-refractivity contribution in [2.75, 3.05) is 12.9 Å². The van der Waals surface area contributed by atoms with Gasteiger partial charge in [0.25, 0.3) is 0 Å². The molecule has 2 N–H and O–H groups in total. The molecular formula is C16H21NO4S. The van der Waals surface area contributed by atoms with Crippen LogP contribution in [0.25, 0.3) is 0 Å². The number of hydrogen-bond acceptors (Lipinski definition) is 4. The topological polar surface area (TPSA) is 75.6 Å². The van der Waals surface area contributed by atoms with Gasteiger partial charge in [-0.25, -0.2) is 0 Å². The maximum absolute atomic E-state index is 12.1. The fraction of sp³-hybridized carbons (Fsp3) is 0.500. The summed E-state index contributed by atoms with van der Waals surface area (Å²) in [5.41, 5.74) is -0.552. The van der Waals surface area contributed by atoms with E-state index in [1.54, 1.807) is 7.11 Å². The highest BCUT2D eigenvalue weighted by molar-refractivity contribution is 8.00. The summed E-state index contributed by atoms with van der Waals surface area (Å²) in [5.74, 6) is 0.0994. The van der Waals surface area contributed by atoms with Gasteiger partial charge in [-0.1, -0.05) is 12.8 Å². The lowest BCUT2D eigenvalue weighted by Gasteiger charge is -2.28. The first kappa shape index (κ1) is 16.7. The first-order valence-electron chi connectivity index (χ1n) is 7.33. The Hall–Kier alpha value is -1.69. The number of methoxy groups -OCH3 is 1. The summed E-state index contributed by atoms with van der Waals surface area (Å²) in [4.78, 5) is 24.1. The van der Waals surface area contributed by atoms with Crippen LogP contribution in [0.15, 0.2) is 29.2 Å². The fourth-order valence-electron chi connectivity index (χ4n) is 2.84. The summed E-state index contributed by atoms with van der Waals surface area (Å²) in [5, 5.41) is 12.0. The molecule has 120 valence electrons. The molecule has 2 rings (SSSR count). The average Bonchev–Trinajstić information content (AvgIpc) is 2.92. The van der Waals surface area contributed by atoms with E-state index in [0.29, 0.717) is 0 Å². The molecule has 22 heavy (non-hydrogen) atoms. The van der Waals surface area contributed by atoms with Crippen molar-refractivity contribution in [3.63, 3.8) is 0 Å². The van der Waals surface area contributed by atoms with Crippen LogP contribution in [0.3, 0.4) is 0 Å². The monoisotopic (exact) mass is 323 g/mol. The number of carboxylic acids is 1. The zero-order chi connectivity index (χ0) is 16.0. The van der Waals surface area contributed by atoms with Gasteiger partial charge in [0.2, 0.25) is 5.91 Å². The summed E-state index contributed by atoms with van der Waals surface area (Å²) in [7, 11) is 1.61. The minimum absolute atomic E-state index is 0.00590. The van der Waals surface area contributed by atoms with Crippen LogP contribution in [0, 0.1) is 0 Å². The van der Waals surface area contributed by atoms with Crippen LogP contribution in [0.2, 0.25) is 0 Å². The number of amides is 1. The van der Waals surface area contributed by atoms with Crippen molar-refractivity contribution in [2.45, 2.75) is 42.5 Å². The van der Waals surface area contributed by atoms with Crippen molar-refractivity contribution >= 4 is 23.6 Å². The van der Waals surface area contributed by atoms with E-state index in [0.717, 1.165) is 36.3 Å². The maximum atomic E-state index is 12.1. The summed E-state index contributed by atoms with van der Waals surface area (Å²) >= 11 is 1.43. The van der Waals surface area contributed by atoms with Gasteiger partial charge in [-0.15, -0.1) is 11.8 Å². The Morgan fingerprint density at radius 2 is 1.91 bits per heavy atom. The number of ether oxygens (including phenoxy) is 1. The zero-order valence-corrected chi connectivity index (χ0v) is 13.4. The van der Waals surface area contributed by atoms with Gasteiger partial charge in [-0.05, 0) is 37.1 Å². The minimum Gasteiger partial charge on any atom is -0.497 e. The van der Waals surface area contributed by atoms with Crippen LogP contribution in [0.1, 0.15) is 32.1 Å². The highest BCUT2D eigenvalue weighted by atomic mass is 32.2. The van der Waals surface area contributed by atoms with Crippen LogP contribution >= 0.6 is 11.8 Å². The summed E-state index contributed by atoms with van der Waals surface area (Å²) in [6.07, 6.45) is 3.45. The van der Waals surface area contributed by atoms with Gasteiger partial charge in [-0.3, -0.25) is 9.59 Å². The van der Waals surface area contributed by atoms with Gasteiger partial charge in [-0.2, -0.15) is 0 Å². The molecule has 0 aromatic heterocycles. The molecule has 0 spiro atoms. The van der Waals surface area contributed by atoms with Gasteiger partial charge in [0.05, 0.1) is 24.8 Å². The predicted octanol–water partition coefficient (Wildman–Crippen LogP) is 2.69. The number of carbonyl (C=O) groups is 2. The Balaban J connectivity index is 1.86. The summed E-state index contributed by atoms with van der Waals surface area (Å²) < 4.78 is 5.09. The number of aliphatic carboxylic acids is 1. The van der Waals surface area contributed by atoms with E-state index in [4.69, 9.17) is 9.84 Å². The molecule has 1 aliphatic rings. The Labute approximate surface area is 134 Å². The Bertz CT molecular complexity index is 523. The van der Waals surface area contributed by atoms with E-state index in [2.05, 4.69) is 5.32 Å². The molecule has 1 aromatic rings. The molecule has 1 saturated carbocycles. The normalized spacial score (nSPS) is 16.2. The SMILES string of the molecule is COc1ccc(SCC(=O)NC2(CC(=O)O)CCCC2)cc1. The van der Waals surface area contributed by atoms with Gasteiger partial charge >= 0.3 is 5.97 Å². The number of nitrogens with one attached hydrogen (secondary N) is 1. The molecule has 1 aromatic carbocycles. The number of carbonyl (C=O) groups excluding carboxylic acids is 1. The number of rotatable bonds is 7. The van der Waals surface area contributed by atoms with Crippen molar-refractivity contribution in [1.29, 1.82) is 0 Å². The van der Waals surface area contributed by atoms with Gasteiger partial charge < -0.3 is 15.2 Å². The van der Waals surface area contributed by atoms with Crippen LogP contribution < -0.4 is 10.1 Å². The lowest BCUT2D eigenvalue weighted by molar-refractivity contribution is -0.139. The van der Waals surface area contributed by atoms with Crippen molar-refractivity contribution in [3.8, 4) is 5.75 Å². The third-order valence-corrected chi connectivity index (χ3v) is 4.90. The molecule has 6 heteroatoms. The van der Waals surface area contributed by atoms with E-state index < -0.39 is 11.5 Å². The number of thioether (sulfide) groups is 1. The van der Waals surface area contributed by atoms with E-state index in [-0.39, 0.29) is 18.1 Å². The second-order valence-electron chi connectivity index (χ2n) is 5.57. The second-order valence-corrected chi connectivity index (χ2v) is 6.62. The molecule has 5 nitrogen and oxygen atoms in total. The van der Waals surface area contributed by atoms with Crippen LogP contribution in [-0.2, 0) is 9.59 Å². The zero-order valence-electron chi connectivity index (χ0n) is 12.6. The van der Waals surface area contributed by atoms with Gasteiger partial charge in [0, 0.05) is 4.90 Å². The Morgan fingerprint density at radius 1 is 1.27 bits per heavy atom. The molecule has 0 bridgehead atoms. The molecule has 1 aliphatic carbocycles. The van der Waals surface area contributed by atoms with Crippen molar-refractivity contribution in [2.24, 2.45) is 0 Å². The van der Waals surface area contributed by atoms with Crippen LogP contribution in [0.5, 0.6) is 5.75 Å². The summed E-state index contributed by atoms with van der Waals surface area (Å²) in [6.45, 7) is 0. The van der Waals surface area contributed by atoms with Crippen LogP contribution in [-0.4, -0.2) is 35.4 Å². The molecule has 1 amide bonds. The van der Waals surface area contributed by atoms with Crippen molar-refractivity contribution < 1.29 is 19.4 Å². The van der Waals surface area contributed by atoms with Gasteiger partial charge in [0.1, 0.15) is 5.75 Å². The molecule has 0 radical (unpaired) electrons. The lowest BCUT2D eigenvalue weighted by atomic mass is 9.93.